The molecule has 1 heterocycles. The number of nitrogens with zero attached hydrogens (tertiary/aromatic N) is 2. The van der Waals surface area contributed by atoms with Gasteiger partial charge in [0.1, 0.15) is 5.75 Å². The summed E-state index contributed by atoms with van der Waals surface area (Å²) < 4.78 is 5.30. The van der Waals surface area contributed by atoms with E-state index in [-0.39, 0.29) is 5.91 Å². The van der Waals surface area contributed by atoms with Crippen LogP contribution < -0.4 is 10.5 Å². The molecule has 22 heavy (non-hydrogen) atoms. The van der Waals surface area contributed by atoms with Crippen LogP contribution in [0, 0.1) is 0 Å². The molecular weight excluding hydrogens is 278 g/mol. The van der Waals surface area contributed by atoms with Crippen molar-refractivity contribution >= 4 is 11.6 Å². The molecule has 122 valence electrons. The predicted octanol–water partition coefficient (Wildman–Crippen LogP) is 2.23. The van der Waals surface area contributed by atoms with Crippen molar-refractivity contribution in [2.75, 3.05) is 45.6 Å². The monoisotopic (exact) mass is 305 g/mol. The lowest BCUT2D eigenvalue weighted by Crippen LogP contribution is -2.35. The predicted molar refractivity (Wildman–Crippen MR) is 89.3 cm³/mol. The van der Waals surface area contributed by atoms with Gasteiger partial charge in [-0.25, -0.2) is 0 Å². The molecule has 0 unspecified atom stereocenters. The lowest BCUT2D eigenvalue weighted by molar-refractivity contribution is 0.0758. The number of nitrogens with two attached hydrogens (primary N) is 1. The first-order valence-electron chi connectivity index (χ1n) is 8.11. The number of nitrogen functional groups attached to an aromatic ring is 1. The van der Waals surface area contributed by atoms with Crippen molar-refractivity contribution in [3.8, 4) is 5.75 Å². The minimum atomic E-state index is 0.0153. The molecule has 2 N–H and O–H groups in total. The van der Waals surface area contributed by atoms with Gasteiger partial charge in [0.2, 0.25) is 0 Å². The van der Waals surface area contributed by atoms with Crippen molar-refractivity contribution in [2.24, 2.45) is 0 Å². The van der Waals surface area contributed by atoms with E-state index in [1.807, 2.05) is 4.90 Å². The Hall–Kier alpha value is -1.75. The molecule has 0 radical (unpaired) electrons. The van der Waals surface area contributed by atoms with Crippen molar-refractivity contribution in [1.29, 1.82) is 0 Å². The number of hydrogen-bond donors (Lipinski definition) is 1. The fraction of sp³-hybridized carbons (Fsp3) is 0.588. The Kier molecular flexibility index (Phi) is 6.07. The standard InChI is InChI=1S/C17H27N3O2/c1-3-4-8-19-9-5-10-20(12-11-19)17(21)15-13-14(18)6-7-16(15)22-2/h6-7,13H,3-5,8-12,18H2,1-2H3. The van der Waals surface area contributed by atoms with Crippen LogP contribution in [0.3, 0.4) is 0 Å². The second-order valence-electron chi connectivity index (χ2n) is 5.80. The number of methoxy groups -OCH3 is 1. The maximum atomic E-state index is 12.8. The zero-order valence-electron chi connectivity index (χ0n) is 13.7. The second kappa shape index (κ2) is 8.03. The Morgan fingerprint density at radius 1 is 1.27 bits per heavy atom. The number of carbonyl (C=O) groups excluding carboxylic acids is 1. The molecule has 0 bridgehead atoms. The molecule has 1 aliphatic heterocycles. The molecule has 1 saturated heterocycles. The van der Waals surface area contributed by atoms with Crippen LogP contribution in [0.25, 0.3) is 0 Å². The number of carbonyl (C=O) groups is 1. The van der Waals surface area contributed by atoms with Gasteiger partial charge in [0.15, 0.2) is 0 Å². The van der Waals surface area contributed by atoms with Crippen LogP contribution in [0.15, 0.2) is 18.2 Å². The van der Waals surface area contributed by atoms with Gasteiger partial charge in [-0.1, -0.05) is 13.3 Å². The van der Waals surface area contributed by atoms with E-state index in [0.29, 0.717) is 17.0 Å². The van der Waals surface area contributed by atoms with E-state index in [0.717, 1.165) is 39.1 Å². The average molecular weight is 305 g/mol. The van der Waals surface area contributed by atoms with Crippen LogP contribution >= 0.6 is 0 Å². The first kappa shape index (κ1) is 16.6. The number of unbranched alkanes of at least 4 members (excludes halogenated alkanes) is 1. The molecule has 1 fully saturated rings. The topological polar surface area (TPSA) is 58.8 Å². The fourth-order valence-electron chi connectivity index (χ4n) is 2.84. The van der Waals surface area contributed by atoms with Gasteiger partial charge in [0, 0.05) is 25.3 Å². The SMILES string of the molecule is CCCCN1CCCN(C(=O)c2cc(N)ccc2OC)CC1. The molecule has 0 atom stereocenters. The molecule has 0 aliphatic carbocycles. The van der Waals surface area contributed by atoms with Crippen LogP contribution in [0.4, 0.5) is 5.69 Å². The van der Waals surface area contributed by atoms with Crippen molar-refractivity contribution in [3.05, 3.63) is 23.8 Å². The van der Waals surface area contributed by atoms with E-state index in [4.69, 9.17) is 10.5 Å². The third kappa shape index (κ3) is 4.13. The summed E-state index contributed by atoms with van der Waals surface area (Å²) in [6.07, 6.45) is 3.44. The third-order valence-electron chi connectivity index (χ3n) is 4.16. The quantitative estimate of drug-likeness (QED) is 0.848. The number of hydrogen-bond acceptors (Lipinski definition) is 4. The Labute approximate surface area is 133 Å². The summed E-state index contributed by atoms with van der Waals surface area (Å²) in [6, 6.07) is 5.22. The van der Waals surface area contributed by atoms with Gasteiger partial charge in [0.05, 0.1) is 12.7 Å². The summed E-state index contributed by atoms with van der Waals surface area (Å²) in [6.45, 7) is 6.90. The fourth-order valence-corrected chi connectivity index (χ4v) is 2.84. The van der Waals surface area contributed by atoms with Crippen LogP contribution in [-0.4, -0.2) is 55.5 Å². The smallest absolute Gasteiger partial charge is 0.257 e. The highest BCUT2D eigenvalue weighted by Gasteiger charge is 2.22. The minimum Gasteiger partial charge on any atom is -0.496 e. The van der Waals surface area contributed by atoms with Crippen molar-refractivity contribution < 1.29 is 9.53 Å². The lowest BCUT2D eigenvalue weighted by Gasteiger charge is -2.22. The summed E-state index contributed by atoms with van der Waals surface area (Å²) in [5, 5.41) is 0. The van der Waals surface area contributed by atoms with E-state index < -0.39 is 0 Å². The molecular formula is C17H27N3O2. The molecule has 1 aromatic rings. The van der Waals surface area contributed by atoms with E-state index in [1.165, 1.54) is 12.8 Å². The summed E-state index contributed by atoms with van der Waals surface area (Å²) in [5.41, 5.74) is 6.97. The van der Waals surface area contributed by atoms with Gasteiger partial charge in [-0.3, -0.25) is 4.79 Å². The van der Waals surface area contributed by atoms with Gasteiger partial charge in [-0.15, -0.1) is 0 Å². The summed E-state index contributed by atoms with van der Waals surface area (Å²) in [7, 11) is 1.58. The summed E-state index contributed by atoms with van der Waals surface area (Å²) >= 11 is 0. The molecule has 0 spiro atoms. The average Bonchev–Trinajstić information content (AvgIpc) is 2.77. The second-order valence-corrected chi connectivity index (χ2v) is 5.80. The maximum absolute atomic E-state index is 12.8. The van der Waals surface area contributed by atoms with Gasteiger partial charge >= 0.3 is 0 Å². The Morgan fingerprint density at radius 2 is 2.09 bits per heavy atom. The highest BCUT2D eigenvalue weighted by atomic mass is 16.5. The van der Waals surface area contributed by atoms with Crippen LogP contribution in [0.5, 0.6) is 5.75 Å². The summed E-state index contributed by atoms with van der Waals surface area (Å²) in [5.74, 6) is 0.604. The largest absolute Gasteiger partial charge is 0.496 e. The first-order valence-corrected chi connectivity index (χ1v) is 8.11. The lowest BCUT2D eigenvalue weighted by atomic mass is 10.1. The van der Waals surface area contributed by atoms with Crippen LogP contribution in [0.1, 0.15) is 36.5 Å². The van der Waals surface area contributed by atoms with Crippen LogP contribution in [-0.2, 0) is 0 Å². The first-order chi connectivity index (χ1) is 10.7. The maximum Gasteiger partial charge on any atom is 0.257 e. The Bertz CT molecular complexity index is 505. The van der Waals surface area contributed by atoms with Crippen molar-refractivity contribution in [3.63, 3.8) is 0 Å². The molecule has 0 saturated carbocycles. The molecule has 0 aromatic heterocycles. The zero-order valence-corrected chi connectivity index (χ0v) is 13.7. The number of anilines is 1. The normalized spacial score (nSPS) is 16.4. The minimum absolute atomic E-state index is 0.0153. The van der Waals surface area contributed by atoms with Gasteiger partial charge in [-0.2, -0.15) is 0 Å². The van der Waals surface area contributed by atoms with Crippen LogP contribution in [0.2, 0.25) is 0 Å². The molecule has 5 heteroatoms. The number of ether oxygens (including phenoxy) is 1. The highest BCUT2D eigenvalue weighted by molar-refractivity contribution is 5.97. The summed E-state index contributed by atoms with van der Waals surface area (Å²) in [4.78, 5) is 17.1. The Morgan fingerprint density at radius 3 is 2.82 bits per heavy atom. The van der Waals surface area contributed by atoms with E-state index in [2.05, 4.69) is 11.8 Å². The van der Waals surface area contributed by atoms with Crippen molar-refractivity contribution in [2.45, 2.75) is 26.2 Å². The van der Waals surface area contributed by atoms with E-state index in [1.54, 1.807) is 25.3 Å². The van der Waals surface area contributed by atoms with E-state index in [9.17, 15) is 4.79 Å². The molecule has 1 aliphatic rings. The van der Waals surface area contributed by atoms with Gasteiger partial charge in [-0.05, 0) is 44.1 Å². The van der Waals surface area contributed by atoms with E-state index >= 15 is 0 Å². The van der Waals surface area contributed by atoms with Gasteiger partial charge in [0.25, 0.3) is 5.91 Å². The molecule has 2 rings (SSSR count). The van der Waals surface area contributed by atoms with Crippen molar-refractivity contribution in [1.82, 2.24) is 9.80 Å². The molecule has 5 nitrogen and oxygen atoms in total. The number of benzene rings is 1. The molecule has 1 amide bonds. The number of rotatable bonds is 5. The third-order valence-corrected chi connectivity index (χ3v) is 4.16. The Balaban J connectivity index is 2.05. The highest BCUT2D eigenvalue weighted by Crippen LogP contribution is 2.23. The van der Waals surface area contributed by atoms with Gasteiger partial charge < -0.3 is 20.3 Å². The molecule has 1 aromatic carbocycles. The zero-order chi connectivity index (χ0) is 15.9. The number of amides is 1.